The van der Waals surface area contributed by atoms with E-state index in [1.165, 1.54) is 0 Å². The summed E-state index contributed by atoms with van der Waals surface area (Å²) >= 11 is 0. The highest BCUT2D eigenvalue weighted by molar-refractivity contribution is 5.87. The molecule has 0 aliphatic heterocycles. The van der Waals surface area contributed by atoms with Gasteiger partial charge in [0.2, 0.25) is 0 Å². The van der Waals surface area contributed by atoms with Gasteiger partial charge in [-0.1, -0.05) is 0 Å². The lowest BCUT2D eigenvalue weighted by atomic mass is 10.3. The van der Waals surface area contributed by atoms with Crippen LogP contribution >= 0.6 is 0 Å². The fourth-order valence-electron chi connectivity index (χ4n) is 1.36. The van der Waals surface area contributed by atoms with Gasteiger partial charge in [0.15, 0.2) is 0 Å². The highest BCUT2D eigenvalue weighted by Gasteiger charge is 2.05. The minimum absolute atomic E-state index is 0.273. The van der Waals surface area contributed by atoms with Crippen molar-refractivity contribution >= 4 is 11.9 Å². The Bertz CT molecular complexity index is 504. The first-order chi connectivity index (χ1) is 8.43. The molecule has 0 aromatic carbocycles. The Kier molecular flexibility index (Phi) is 4.31. The predicted octanol–water partition coefficient (Wildman–Crippen LogP) is 2.04. The summed E-state index contributed by atoms with van der Waals surface area (Å²) in [6, 6.07) is 3.45. The van der Waals surface area contributed by atoms with Crippen LogP contribution < -0.4 is 0 Å². The van der Waals surface area contributed by atoms with E-state index in [2.05, 4.69) is 9.97 Å². The zero-order valence-electron chi connectivity index (χ0n) is 10.0. The highest BCUT2D eigenvalue weighted by atomic mass is 16.4. The van der Waals surface area contributed by atoms with Crippen molar-refractivity contribution in [2.75, 3.05) is 0 Å². The summed E-state index contributed by atoms with van der Waals surface area (Å²) in [6.45, 7) is 3.50. The van der Waals surface area contributed by atoms with Crippen molar-refractivity contribution in [1.29, 1.82) is 0 Å². The Hall–Kier alpha value is -2.50. The van der Waals surface area contributed by atoms with E-state index in [4.69, 9.17) is 10.2 Å². The van der Waals surface area contributed by atoms with Crippen LogP contribution in [0.2, 0.25) is 0 Å². The number of hydrogen-bond acceptors (Lipinski definition) is 2. The Morgan fingerprint density at radius 2 is 1.22 bits per heavy atom. The molecule has 2 rings (SSSR count). The van der Waals surface area contributed by atoms with Gasteiger partial charge in [-0.05, 0) is 37.1 Å². The lowest BCUT2D eigenvalue weighted by molar-refractivity contribution is 0.0679. The summed E-state index contributed by atoms with van der Waals surface area (Å²) in [5.74, 6) is -1.81. The van der Waals surface area contributed by atoms with Crippen LogP contribution in [0.25, 0.3) is 0 Å². The third-order valence-corrected chi connectivity index (χ3v) is 2.34. The highest BCUT2D eigenvalue weighted by Crippen LogP contribution is 2.03. The van der Waals surface area contributed by atoms with Gasteiger partial charge in [0, 0.05) is 12.4 Å². The monoisotopic (exact) mass is 250 g/mol. The molecule has 0 saturated carbocycles. The number of carboxylic acids is 2. The Morgan fingerprint density at radius 3 is 1.33 bits per heavy atom. The third-order valence-electron chi connectivity index (χ3n) is 2.34. The van der Waals surface area contributed by atoms with Crippen molar-refractivity contribution in [2.45, 2.75) is 13.8 Å². The van der Waals surface area contributed by atoms with Crippen LogP contribution in [0.15, 0.2) is 24.5 Å². The van der Waals surface area contributed by atoms with Gasteiger partial charge in [-0.3, -0.25) is 0 Å². The average molecular weight is 250 g/mol. The van der Waals surface area contributed by atoms with E-state index in [1.807, 2.05) is 0 Å². The van der Waals surface area contributed by atoms with Gasteiger partial charge in [-0.15, -0.1) is 0 Å². The molecule has 2 aromatic heterocycles. The smallest absolute Gasteiger partial charge is 0.352 e. The zero-order valence-corrected chi connectivity index (χ0v) is 10.0. The zero-order chi connectivity index (χ0) is 13.7. The van der Waals surface area contributed by atoms with Crippen LogP contribution in [0.3, 0.4) is 0 Å². The molecule has 0 aliphatic carbocycles. The molecule has 96 valence electrons. The van der Waals surface area contributed by atoms with Gasteiger partial charge < -0.3 is 20.2 Å². The van der Waals surface area contributed by atoms with E-state index in [9.17, 15) is 9.59 Å². The number of carboxylic acid groups (broad SMARTS) is 2. The maximum Gasteiger partial charge on any atom is 0.352 e. The summed E-state index contributed by atoms with van der Waals surface area (Å²) in [6.07, 6.45) is 3.22. The van der Waals surface area contributed by atoms with E-state index >= 15 is 0 Å². The first kappa shape index (κ1) is 13.6. The number of aryl methyl sites for hydroxylation is 2. The molecular formula is C12H14N2O4. The lowest BCUT2D eigenvalue weighted by Crippen LogP contribution is -1.97. The Balaban J connectivity index is 0.000000180. The molecule has 18 heavy (non-hydrogen) atoms. The van der Waals surface area contributed by atoms with Crippen LogP contribution in [0.1, 0.15) is 32.1 Å². The number of hydrogen-bond donors (Lipinski definition) is 4. The number of aromatic amines is 2. The van der Waals surface area contributed by atoms with E-state index in [0.29, 0.717) is 0 Å². The SMILES string of the molecule is Cc1cc[nH]c1C(=O)O.Cc1cc[nH]c1C(=O)O. The fourth-order valence-corrected chi connectivity index (χ4v) is 1.36. The molecule has 0 unspecified atom stereocenters. The first-order valence-electron chi connectivity index (χ1n) is 5.18. The normalized spacial score (nSPS) is 9.44. The van der Waals surface area contributed by atoms with Gasteiger partial charge in [-0.25, -0.2) is 9.59 Å². The van der Waals surface area contributed by atoms with Crippen LogP contribution in [0.4, 0.5) is 0 Å². The summed E-state index contributed by atoms with van der Waals surface area (Å²) in [5.41, 5.74) is 2.08. The second-order valence-corrected chi connectivity index (χ2v) is 3.68. The van der Waals surface area contributed by atoms with E-state index in [-0.39, 0.29) is 11.4 Å². The minimum atomic E-state index is -0.905. The van der Waals surface area contributed by atoms with Crippen molar-refractivity contribution in [3.05, 3.63) is 47.0 Å². The maximum atomic E-state index is 10.3. The molecule has 2 heterocycles. The van der Waals surface area contributed by atoms with Gasteiger partial charge in [-0.2, -0.15) is 0 Å². The molecule has 0 spiro atoms. The molecule has 0 radical (unpaired) electrons. The second kappa shape index (κ2) is 5.72. The molecule has 0 amide bonds. The van der Waals surface area contributed by atoms with Crippen LogP contribution in [0.5, 0.6) is 0 Å². The van der Waals surface area contributed by atoms with Crippen LogP contribution in [0, 0.1) is 13.8 Å². The van der Waals surface area contributed by atoms with Crippen molar-refractivity contribution in [2.24, 2.45) is 0 Å². The summed E-state index contributed by atoms with van der Waals surface area (Å²) in [5, 5.41) is 16.8. The van der Waals surface area contributed by atoms with Crippen molar-refractivity contribution in [3.8, 4) is 0 Å². The third kappa shape index (κ3) is 3.24. The topological polar surface area (TPSA) is 106 Å². The number of H-pyrrole nitrogens is 2. The van der Waals surface area contributed by atoms with Crippen molar-refractivity contribution in [3.63, 3.8) is 0 Å². The van der Waals surface area contributed by atoms with E-state index < -0.39 is 11.9 Å². The fraction of sp³-hybridized carbons (Fsp3) is 0.167. The number of nitrogens with one attached hydrogen (secondary N) is 2. The molecule has 0 fully saturated rings. The maximum absolute atomic E-state index is 10.3. The number of rotatable bonds is 2. The van der Waals surface area contributed by atoms with Crippen LogP contribution in [-0.2, 0) is 0 Å². The first-order valence-corrected chi connectivity index (χ1v) is 5.18. The van der Waals surface area contributed by atoms with Gasteiger partial charge in [0.05, 0.1) is 0 Å². The Labute approximate surface area is 103 Å². The van der Waals surface area contributed by atoms with Gasteiger partial charge >= 0.3 is 11.9 Å². The minimum Gasteiger partial charge on any atom is -0.477 e. The number of aromatic nitrogens is 2. The van der Waals surface area contributed by atoms with Gasteiger partial charge in [0.1, 0.15) is 11.4 Å². The number of carbonyl (C=O) groups is 2. The largest absolute Gasteiger partial charge is 0.477 e. The molecule has 6 nitrogen and oxygen atoms in total. The predicted molar refractivity (Wildman–Crippen MR) is 65.0 cm³/mol. The molecule has 4 N–H and O–H groups in total. The molecule has 0 aliphatic rings. The molecule has 6 heteroatoms. The molecular weight excluding hydrogens is 236 g/mol. The summed E-state index contributed by atoms with van der Waals surface area (Å²) < 4.78 is 0. The van der Waals surface area contributed by atoms with Crippen LogP contribution in [-0.4, -0.2) is 32.1 Å². The van der Waals surface area contributed by atoms with E-state index in [1.54, 1.807) is 38.4 Å². The van der Waals surface area contributed by atoms with Crippen molar-refractivity contribution in [1.82, 2.24) is 9.97 Å². The molecule has 0 saturated heterocycles. The second-order valence-electron chi connectivity index (χ2n) is 3.68. The molecule has 0 atom stereocenters. The lowest BCUT2D eigenvalue weighted by Gasteiger charge is -1.87. The standard InChI is InChI=1S/2C6H7NO2/c2*1-4-2-3-7-5(4)6(8)9/h2*2-3,7H,1H3,(H,8,9). The molecule has 0 bridgehead atoms. The number of aromatic carboxylic acids is 2. The van der Waals surface area contributed by atoms with Crippen molar-refractivity contribution < 1.29 is 19.8 Å². The summed E-state index contributed by atoms with van der Waals surface area (Å²) in [7, 11) is 0. The quantitative estimate of drug-likeness (QED) is 0.654. The molecule has 2 aromatic rings. The average Bonchev–Trinajstić information content (AvgIpc) is 2.87. The van der Waals surface area contributed by atoms with Gasteiger partial charge in [0.25, 0.3) is 0 Å². The van der Waals surface area contributed by atoms with E-state index in [0.717, 1.165) is 11.1 Å². The summed E-state index contributed by atoms with van der Waals surface area (Å²) in [4.78, 5) is 25.7. The Morgan fingerprint density at radius 1 is 0.889 bits per heavy atom.